The summed E-state index contributed by atoms with van der Waals surface area (Å²) in [4.78, 5) is 18.3. The Kier molecular flexibility index (Phi) is 4.16. The Bertz CT molecular complexity index is 566. The molecular weight excluding hydrogens is 258 g/mol. The van der Waals surface area contributed by atoms with E-state index >= 15 is 0 Å². The molecule has 2 aromatic heterocycles. The first-order chi connectivity index (χ1) is 9.11. The van der Waals surface area contributed by atoms with E-state index in [0.717, 1.165) is 16.9 Å². The van der Waals surface area contributed by atoms with Crippen LogP contribution >= 0.6 is 11.3 Å². The third-order valence-electron chi connectivity index (χ3n) is 2.89. The SMILES string of the molecule is CNc1cc(C)ncc1C(=O)N(C)Cc1ccsc1. The standard InChI is InChI=1S/C14H17N3OS/c1-10-6-13(15-2)12(7-16-10)14(18)17(3)8-11-4-5-19-9-11/h4-7,9H,8H2,1-3H3,(H,15,16). The molecule has 0 unspecified atom stereocenters. The minimum absolute atomic E-state index is 0.0250. The monoisotopic (exact) mass is 275 g/mol. The van der Waals surface area contributed by atoms with Gasteiger partial charge in [-0.15, -0.1) is 0 Å². The first-order valence-electron chi connectivity index (χ1n) is 6.02. The van der Waals surface area contributed by atoms with E-state index in [1.54, 1.807) is 29.5 Å². The number of thiophene rings is 1. The molecule has 0 saturated carbocycles. The van der Waals surface area contributed by atoms with Crippen molar-refractivity contribution < 1.29 is 4.79 Å². The van der Waals surface area contributed by atoms with Gasteiger partial charge in [0, 0.05) is 32.5 Å². The van der Waals surface area contributed by atoms with E-state index in [1.807, 2.05) is 31.5 Å². The largest absolute Gasteiger partial charge is 0.387 e. The first-order valence-corrected chi connectivity index (χ1v) is 6.97. The molecule has 0 aliphatic rings. The summed E-state index contributed by atoms with van der Waals surface area (Å²) in [5.74, 6) is -0.0250. The molecule has 19 heavy (non-hydrogen) atoms. The van der Waals surface area contributed by atoms with Gasteiger partial charge in [0.15, 0.2) is 0 Å². The van der Waals surface area contributed by atoms with Gasteiger partial charge in [0.25, 0.3) is 5.91 Å². The van der Waals surface area contributed by atoms with Gasteiger partial charge >= 0.3 is 0 Å². The Labute approximate surface area is 117 Å². The molecule has 2 aromatic rings. The van der Waals surface area contributed by atoms with Crippen LogP contribution in [0.3, 0.4) is 0 Å². The Morgan fingerprint density at radius 1 is 1.53 bits per heavy atom. The van der Waals surface area contributed by atoms with Gasteiger partial charge in [-0.25, -0.2) is 0 Å². The fraction of sp³-hybridized carbons (Fsp3) is 0.286. The molecule has 1 amide bonds. The van der Waals surface area contributed by atoms with Crippen LogP contribution in [-0.4, -0.2) is 29.9 Å². The van der Waals surface area contributed by atoms with Gasteiger partial charge < -0.3 is 10.2 Å². The number of carbonyl (C=O) groups is 1. The van der Waals surface area contributed by atoms with Crippen molar-refractivity contribution in [2.24, 2.45) is 0 Å². The highest BCUT2D eigenvalue weighted by molar-refractivity contribution is 7.07. The second kappa shape index (κ2) is 5.84. The average molecular weight is 275 g/mol. The number of carbonyl (C=O) groups excluding carboxylic acids is 1. The molecule has 0 aromatic carbocycles. The zero-order chi connectivity index (χ0) is 13.8. The zero-order valence-electron chi connectivity index (χ0n) is 11.3. The Morgan fingerprint density at radius 2 is 2.32 bits per heavy atom. The fourth-order valence-corrected chi connectivity index (χ4v) is 2.53. The number of rotatable bonds is 4. The number of pyridine rings is 1. The minimum atomic E-state index is -0.0250. The van der Waals surface area contributed by atoms with Gasteiger partial charge in [-0.3, -0.25) is 9.78 Å². The Morgan fingerprint density at radius 3 is 2.95 bits per heavy atom. The number of hydrogen-bond acceptors (Lipinski definition) is 4. The van der Waals surface area contributed by atoms with Crippen LogP contribution in [0.2, 0.25) is 0 Å². The number of aromatic nitrogens is 1. The lowest BCUT2D eigenvalue weighted by atomic mass is 10.2. The van der Waals surface area contributed by atoms with Crippen molar-refractivity contribution in [1.82, 2.24) is 9.88 Å². The van der Waals surface area contributed by atoms with Gasteiger partial charge in [-0.2, -0.15) is 11.3 Å². The summed E-state index contributed by atoms with van der Waals surface area (Å²) in [6, 6.07) is 3.91. The maximum atomic E-state index is 12.4. The van der Waals surface area contributed by atoms with Crippen molar-refractivity contribution in [3.63, 3.8) is 0 Å². The lowest BCUT2D eigenvalue weighted by Gasteiger charge is -2.18. The summed E-state index contributed by atoms with van der Waals surface area (Å²) in [5, 5.41) is 7.11. The molecule has 4 nitrogen and oxygen atoms in total. The number of nitrogens with zero attached hydrogens (tertiary/aromatic N) is 2. The lowest BCUT2D eigenvalue weighted by molar-refractivity contribution is 0.0786. The summed E-state index contributed by atoms with van der Waals surface area (Å²) in [6.45, 7) is 2.52. The minimum Gasteiger partial charge on any atom is -0.387 e. The summed E-state index contributed by atoms with van der Waals surface area (Å²) in [6.07, 6.45) is 1.63. The predicted octanol–water partition coefficient (Wildman–Crippen LogP) is 2.77. The normalized spacial score (nSPS) is 10.3. The van der Waals surface area contributed by atoms with Gasteiger partial charge in [0.2, 0.25) is 0 Å². The number of amides is 1. The van der Waals surface area contributed by atoms with Crippen molar-refractivity contribution in [3.8, 4) is 0 Å². The smallest absolute Gasteiger partial charge is 0.257 e. The molecule has 0 bridgehead atoms. The number of hydrogen-bond donors (Lipinski definition) is 1. The predicted molar refractivity (Wildman–Crippen MR) is 78.6 cm³/mol. The summed E-state index contributed by atoms with van der Waals surface area (Å²) < 4.78 is 0. The van der Waals surface area contributed by atoms with Crippen molar-refractivity contribution >= 4 is 22.9 Å². The van der Waals surface area contributed by atoms with Crippen LogP contribution < -0.4 is 5.32 Å². The van der Waals surface area contributed by atoms with E-state index in [2.05, 4.69) is 15.7 Å². The Balaban J connectivity index is 2.19. The highest BCUT2D eigenvalue weighted by Crippen LogP contribution is 2.18. The van der Waals surface area contributed by atoms with E-state index in [-0.39, 0.29) is 5.91 Å². The lowest BCUT2D eigenvalue weighted by Crippen LogP contribution is -2.27. The van der Waals surface area contributed by atoms with Crippen LogP contribution in [0.5, 0.6) is 0 Å². The van der Waals surface area contributed by atoms with E-state index in [0.29, 0.717) is 12.1 Å². The summed E-state index contributed by atoms with van der Waals surface area (Å²) in [7, 11) is 3.61. The molecule has 2 rings (SSSR count). The Hall–Kier alpha value is -1.88. The van der Waals surface area contributed by atoms with E-state index in [1.165, 1.54) is 0 Å². The molecule has 2 heterocycles. The second-order valence-corrected chi connectivity index (χ2v) is 5.19. The maximum Gasteiger partial charge on any atom is 0.257 e. The summed E-state index contributed by atoms with van der Waals surface area (Å²) in [5.41, 5.74) is 3.45. The highest BCUT2D eigenvalue weighted by Gasteiger charge is 2.16. The fourth-order valence-electron chi connectivity index (χ4n) is 1.87. The molecule has 1 N–H and O–H groups in total. The molecule has 0 fully saturated rings. The maximum absolute atomic E-state index is 12.4. The van der Waals surface area contributed by atoms with E-state index in [4.69, 9.17) is 0 Å². The van der Waals surface area contributed by atoms with Crippen LogP contribution in [0.4, 0.5) is 5.69 Å². The molecule has 0 aliphatic carbocycles. The van der Waals surface area contributed by atoms with Crippen LogP contribution in [-0.2, 0) is 6.54 Å². The third kappa shape index (κ3) is 3.12. The van der Waals surface area contributed by atoms with Crippen molar-refractivity contribution in [1.29, 1.82) is 0 Å². The van der Waals surface area contributed by atoms with Gasteiger partial charge in [0.05, 0.1) is 11.3 Å². The van der Waals surface area contributed by atoms with Crippen molar-refractivity contribution in [2.45, 2.75) is 13.5 Å². The third-order valence-corrected chi connectivity index (χ3v) is 3.62. The molecule has 0 radical (unpaired) electrons. The first kappa shape index (κ1) is 13.5. The average Bonchev–Trinajstić information content (AvgIpc) is 2.90. The van der Waals surface area contributed by atoms with Crippen LogP contribution in [0, 0.1) is 6.92 Å². The van der Waals surface area contributed by atoms with E-state index < -0.39 is 0 Å². The van der Waals surface area contributed by atoms with Gasteiger partial charge in [-0.1, -0.05) is 0 Å². The topological polar surface area (TPSA) is 45.2 Å². The van der Waals surface area contributed by atoms with Crippen molar-refractivity contribution in [2.75, 3.05) is 19.4 Å². The number of anilines is 1. The second-order valence-electron chi connectivity index (χ2n) is 4.41. The van der Waals surface area contributed by atoms with E-state index in [9.17, 15) is 4.79 Å². The molecule has 0 aliphatic heterocycles. The van der Waals surface area contributed by atoms with Crippen molar-refractivity contribution in [3.05, 3.63) is 45.9 Å². The van der Waals surface area contributed by atoms with Gasteiger partial charge in [-0.05, 0) is 35.4 Å². The van der Waals surface area contributed by atoms with Crippen LogP contribution in [0.1, 0.15) is 21.6 Å². The number of nitrogens with one attached hydrogen (secondary N) is 1. The summed E-state index contributed by atoms with van der Waals surface area (Å²) >= 11 is 1.64. The number of aryl methyl sites for hydroxylation is 1. The molecular formula is C14H17N3OS. The molecule has 0 spiro atoms. The molecule has 5 heteroatoms. The zero-order valence-corrected chi connectivity index (χ0v) is 12.1. The molecule has 0 saturated heterocycles. The molecule has 100 valence electrons. The molecule has 0 atom stereocenters. The van der Waals surface area contributed by atoms with Crippen LogP contribution in [0.15, 0.2) is 29.1 Å². The highest BCUT2D eigenvalue weighted by atomic mass is 32.1. The van der Waals surface area contributed by atoms with Crippen LogP contribution in [0.25, 0.3) is 0 Å². The van der Waals surface area contributed by atoms with Gasteiger partial charge in [0.1, 0.15) is 0 Å². The quantitative estimate of drug-likeness (QED) is 0.933.